The number of nitrogens with one attached hydrogen (secondary N) is 1. The number of quaternary nitrogens is 1. The van der Waals surface area contributed by atoms with E-state index in [1.165, 1.54) is 154 Å². The van der Waals surface area contributed by atoms with Gasteiger partial charge in [-0.2, -0.15) is 0 Å². The number of amides is 1. The summed E-state index contributed by atoms with van der Waals surface area (Å²) < 4.78 is 30.7. The lowest BCUT2D eigenvalue weighted by Crippen LogP contribution is -2.47. The first-order valence-corrected chi connectivity index (χ1v) is 33.3. The molecule has 0 bridgehead atoms. The number of allylic oxidation sites excluding steroid dienone is 11. The van der Waals surface area contributed by atoms with Gasteiger partial charge in [-0.1, -0.05) is 267 Å². The average Bonchev–Trinajstić information content (AvgIpc) is 3.38. The number of hydrogen-bond acceptors (Lipinski definition) is 6. The summed E-state index contributed by atoms with van der Waals surface area (Å²) in [7, 11) is 1.48. The molecule has 0 fully saturated rings. The minimum atomic E-state index is -4.46. The zero-order valence-corrected chi connectivity index (χ0v) is 51.4. The molecule has 0 aliphatic heterocycles. The Kier molecular flexibility index (Phi) is 53.9. The monoisotopic (exact) mass is 1090 g/mol. The van der Waals surface area contributed by atoms with Crippen LogP contribution in [0, 0.1) is 0 Å². The number of ether oxygens (including phenoxy) is 1. The lowest BCUT2D eigenvalue weighted by molar-refractivity contribution is -0.870. The number of carbonyl (C=O) groups excluding carboxylic acids is 2. The van der Waals surface area contributed by atoms with Crippen molar-refractivity contribution >= 4 is 19.7 Å². The zero-order chi connectivity index (χ0) is 55.7. The minimum Gasteiger partial charge on any atom is -0.456 e. The number of phosphoric ester groups is 1. The highest BCUT2D eigenvalue weighted by Gasteiger charge is 2.30. The first kappa shape index (κ1) is 73.5. The molecule has 0 aromatic heterocycles. The lowest BCUT2D eigenvalue weighted by Gasteiger charge is -2.27. The Morgan fingerprint density at radius 3 is 1.28 bits per heavy atom. The Balaban J connectivity index is 5.28. The average molecular weight is 1090 g/mol. The van der Waals surface area contributed by atoms with Gasteiger partial charge in [0.15, 0.2) is 0 Å². The summed E-state index contributed by atoms with van der Waals surface area (Å²) in [6.45, 7) is 6.90. The van der Waals surface area contributed by atoms with Crippen LogP contribution < -0.4 is 5.32 Å². The largest absolute Gasteiger partial charge is 0.472 e. The van der Waals surface area contributed by atoms with Gasteiger partial charge >= 0.3 is 13.8 Å². The molecule has 0 saturated heterocycles. The second-order valence-corrected chi connectivity index (χ2v) is 24.0. The predicted molar refractivity (Wildman–Crippen MR) is 328 cm³/mol. The summed E-state index contributed by atoms with van der Waals surface area (Å²) in [5.74, 6) is -0.536. The number of unbranched alkanes of at least 4 members (excludes halogenated alkanes) is 31. The molecule has 10 heteroatoms. The number of rotatable bonds is 57. The molecule has 442 valence electrons. The van der Waals surface area contributed by atoms with Gasteiger partial charge in [-0.15, -0.1) is 0 Å². The second kappa shape index (κ2) is 55.8. The van der Waals surface area contributed by atoms with Gasteiger partial charge in [0.05, 0.1) is 33.8 Å². The third-order valence-corrected chi connectivity index (χ3v) is 14.9. The Morgan fingerprint density at radius 2 is 0.842 bits per heavy atom. The third kappa shape index (κ3) is 56.2. The molecular weight excluding hydrogens is 964 g/mol. The van der Waals surface area contributed by atoms with Gasteiger partial charge in [-0.3, -0.25) is 18.6 Å². The molecule has 3 unspecified atom stereocenters. The molecule has 0 aliphatic rings. The van der Waals surface area contributed by atoms with Crippen molar-refractivity contribution in [3.05, 3.63) is 72.9 Å². The molecule has 0 aromatic rings. The van der Waals surface area contributed by atoms with Gasteiger partial charge in [0, 0.05) is 12.8 Å². The van der Waals surface area contributed by atoms with Crippen LogP contribution in [0.1, 0.15) is 284 Å². The summed E-state index contributed by atoms with van der Waals surface area (Å²) >= 11 is 0. The van der Waals surface area contributed by atoms with Gasteiger partial charge in [0.2, 0.25) is 5.91 Å². The topological polar surface area (TPSA) is 111 Å². The van der Waals surface area contributed by atoms with E-state index in [2.05, 4.69) is 86.8 Å². The van der Waals surface area contributed by atoms with Crippen LogP contribution in [0.15, 0.2) is 72.9 Å². The molecule has 0 saturated carbocycles. The molecule has 1 amide bonds. The molecule has 0 radical (unpaired) electrons. The van der Waals surface area contributed by atoms with Gasteiger partial charge in [0.1, 0.15) is 19.3 Å². The molecule has 0 rings (SSSR count). The van der Waals surface area contributed by atoms with Gasteiger partial charge in [0.25, 0.3) is 0 Å². The Hall–Kier alpha value is -2.55. The van der Waals surface area contributed by atoms with Crippen molar-refractivity contribution in [3.8, 4) is 0 Å². The van der Waals surface area contributed by atoms with Crippen molar-refractivity contribution in [2.45, 2.75) is 296 Å². The fraction of sp³-hybridized carbons (Fsp3) is 0.788. The van der Waals surface area contributed by atoms with Crippen molar-refractivity contribution in [2.75, 3.05) is 40.9 Å². The highest BCUT2D eigenvalue weighted by atomic mass is 31.2. The molecule has 0 aliphatic carbocycles. The van der Waals surface area contributed by atoms with Crippen molar-refractivity contribution < 1.29 is 37.3 Å². The Labute approximate surface area is 470 Å². The molecule has 9 nitrogen and oxygen atoms in total. The summed E-state index contributed by atoms with van der Waals surface area (Å²) in [5, 5.41) is 3.05. The maximum absolute atomic E-state index is 13.6. The van der Waals surface area contributed by atoms with E-state index in [0.717, 1.165) is 89.9 Å². The maximum atomic E-state index is 13.6. The number of nitrogens with zero attached hydrogens (tertiary/aromatic N) is 1. The highest BCUT2D eigenvalue weighted by Crippen LogP contribution is 2.43. The van der Waals surface area contributed by atoms with Crippen LogP contribution in [0.25, 0.3) is 0 Å². The number of phosphoric acid groups is 1. The van der Waals surface area contributed by atoms with E-state index in [1.54, 1.807) is 0 Å². The fourth-order valence-electron chi connectivity index (χ4n) is 9.03. The fourth-order valence-corrected chi connectivity index (χ4v) is 9.76. The van der Waals surface area contributed by atoms with E-state index in [-0.39, 0.29) is 31.5 Å². The van der Waals surface area contributed by atoms with E-state index in [4.69, 9.17) is 13.8 Å². The standard InChI is InChI=1S/C66H121N2O7P/c1-7-10-13-16-19-22-25-28-30-32-34-36-38-40-43-46-49-52-55-58-65(69)67-63(62-74-76(71,72)73-61-60-68(4,5)6)64(57-54-51-48-45-42-27-24-21-18-15-12-9-3)75-66(70)59-56-53-50-47-44-41-39-37-35-33-31-29-26-23-20-17-14-11-8-2/h11,14,20,23,29,31,35,37,41,44,54,57,63-64H,7-10,12-13,15-19,21-22,24-28,30,32-34,36,38-40,42-43,45-53,55-56,58-62H2,1-6H3,(H-,67,69,71,72)/p+1/b14-11-,23-20-,31-29-,37-35-,44-41-,57-54+. The van der Waals surface area contributed by atoms with Crippen LogP contribution in [0.2, 0.25) is 0 Å². The number of carbonyl (C=O) groups is 2. The summed E-state index contributed by atoms with van der Waals surface area (Å²) in [6.07, 6.45) is 71.9. The molecule has 0 spiro atoms. The van der Waals surface area contributed by atoms with Crippen LogP contribution >= 0.6 is 7.82 Å². The van der Waals surface area contributed by atoms with Crippen molar-refractivity contribution in [3.63, 3.8) is 0 Å². The third-order valence-electron chi connectivity index (χ3n) is 13.9. The first-order valence-electron chi connectivity index (χ1n) is 31.8. The Bertz CT molecular complexity index is 1530. The van der Waals surface area contributed by atoms with Crippen LogP contribution in [0.4, 0.5) is 0 Å². The summed E-state index contributed by atoms with van der Waals surface area (Å²) in [6, 6.07) is -0.862. The number of hydrogen-bond donors (Lipinski definition) is 2. The Morgan fingerprint density at radius 1 is 0.474 bits per heavy atom. The lowest BCUT2D eigenvalue weighted by atomic mass is 10.0. The number of likely N-dealkylation sites (N-methyl/N-ethyl adjacent to an activating group) is 1. The van der Waals surface area contributed by atoms with Crippen molar-refractivity contribution in [1.29, 1.82) is 0 Å². The normalized spacial score (nSPS) is 14.1. The molecule has 2 N–H and O–H groups in total. The van der Waals surface area contributed by atoms with E-state index < -0.39 is 20.0 Å². The number of esters is 1. The van der Waals surface area contributed by atoms with E-state index in [0.29, 0.717) is 23.9 Å². The molecule has 76 heavy (non-hydrogen) atoms. The zero-order valence-electron chi connectivity index (χ0n) is 50.5. The maximum Gasteiger partial charge on any atom is 0.472 e. The summed E-state index contributed by atoms with van der Waals surface area (Å²) in [5.41, 5.74) is 0. The van der Waals surface area contributed by atoms with Crippen LogP contribution in [-0.4, -0.2) is 74.3 Å². The van der Waals surface area contributed by atoms with Crippen molar-refractivity contribution in [1.82, 2.24) is 5.32 Å². The smallest absolute Gasteiger partial charge is 0.456 e. The molecule has 0 heterocycles. The highest BCUT2D eigenvalue weighted by molar-refractivity contribution is 7.47. The van der Waals surface area contributed by atoms with E-state index in [9.17, 15) is 19.0 Å². The predicted octanol–water partition coefficient (Wildman–Crippen LogP) is 19.6. The van der Waals surface area contributed by atoms with Gasteiger partial charge in [-0.25, -0.2) is 4.57 Å². The van der Waals surface area contributed by atoms with Gasteiger partial charge in [-0.05, 0) is 76.7 Å². The minimum absolute atomic E-state index is 0.0337. The second-order valence-electron chi connectivity index (χ2n) is 22.6. The van der Waals surface area contributed by atoms with E-state index >= 15 is 0 Å². The van der Waals surface area contributed by atoms with E-state index in [1.807, 2.05) is 33.3 Å². The summed E-state index contributed by atoms with van der Waals surface area (Å²) in [4.78, 5) is 37.7. The van der Waals surface area contributed by atoms with Gasteiger partial charge < -0.3 is 19.4 Å². The van der Waals surface area contributed by atoms with Crippen molar-refractivity contribution in [2.24, 2.45) is 0 Å². The molecule has 0 aromatic carbocycles. The molecule has 3 atom stereocenters. The van der Waals surface area contributed by atoms with Crippen LogP contribution in [0.5, 0.6) is 0 Å². The SMILES string of the molecule is CC/C=C\C/C=C\C/C=C\C/C=C\C/C=C\CCCCCC(=O)OC(/C=C/CCCCCCCCCCCC)C(COP(=O)(O)OCC[N+](C)(C)C)NC(=O)CCCCCCCCCCCCCCCCCCCCC. The first-order chi connectivity index (χ1) is 36.9. The van der Waals surface area contributed by atoms with Crippen LogP contribution in [-0.2, 0) is 27.9 Å². The van der Waals surface area contributed by atoms with Crippen LogP contribution in [0.3, 0.4) is 0 Å². The molecular formula is C66H122N2O7P+. The quantitative estimate of drug-likeness (QED) is 0.0205.